The summed E-state index contributed by atoms with van der Waals surface area (Å²) >= 11 is 0. The van der Waals surface area contributed by atoms with Gasteiger partial charge in [0.15, 0.2) is 0 Å². The number of rotatable bonds is 3. The molecule has 0 aromatic heterocycles. The highest BCUT2D eigenvalue weighted by atomic mass is 19.1. The van der Waals surface area contributed by atoms with Crippen LogP contribution in [0, 0.1) is 5.82 Å². The fraction of sp³-hybridized carbons (Fsp3) is 0.308. The Balaban J connectivity index is 2.17. The number of hydrogen-bond donors (Lipinski definition) is 1. The van der Waals surface area contributed by atoms with Crippen molar-refractivity contribution >= 4 is 23.5 Å². The van der Waals surface area contributed by atoms with E-state index in [1.54, 1.807) is 0 Å². The molecule has 0 radical (unpaired) electrons. The minimum Gasteiger partial charge on any atom is -0.480 e. The van der Waals surface area contributed by atoms with Crippen LogP contribution < -0.4 is 4.90 Å². The average Bonchev–Trinajstić information content (AvgIpc) is 2.38. The Kier molecular flexibility index (Phi) is 3.69. The van der Waals surface area contributed by atoms with E-state index in [9.17, 15) is 18.8 Å². The van der Waals surface area contributed by atoms with E-state index in [0.29, 0.717) is 5.69 Å². The van der Waals surface area contributed by atoms with Gasteiger partial charge < -0.3 is 10.0 Å². The van der Waals surface area contributed by atoms with Gasteiger partial charge in [0.25, 0.3) is 0 Å². The van der Waals surface area contributed by atoms with Gasteiger partial charge in [-0.25, -0.2) is 9.18 Å². The number of hydrogen-bond acceptors (Lipinski definition) is 4. The fourth-order valence-electron chi connectivity index (χ4n) is 2.05. The maximum absolute atomic E-state index is 12.8. The van der Waals surface area contributed by atoms with Crippen molar-refractivity contribution in [2.45, 2.75) is 13.0 Å². The zero-order valence-electron chi connectivity index (χ0n) is 10.7. The van der Waals surface area contributed by atoms with Crippen molar-refractivity contribution in [1.29, 1.82) is 0 Å². The van der Waals surface area contributed by atoms with Crippen molar-refractivity contribution in [3.8, 4) is 0 Å². The highest BCUT2D eigenvalue weighted by Gasteiger charge is 2.37. The topological polar surface area (TPSA) is 77.9 Å². The molecule has 0 bridgehead atoms. The molecule has 1 fully saturated rings. The number of aliphatic carboxylic acids is 1. The van der Waals surface area contributed by atoms with Gasteiger partial charge in [-0.05, 0) is 31.2 Å². The van der Waals surface area contributed by atoms with E-state index in [4.69, 9.17) is 5.11 Å². The van der Waals surface area contributed by atoms with Crippen molar-refractivity contribution in [3.63, 3.8) is 0 Å². The number of benzene rings is 1. The second-order valence-electron chi connectivity index (χ2n) is 4.50. The van der Waals surface area contributed by atoms with Crippen LogP contribution >= 0.6 is 0 Å². The van der Waals surface area contributed by atoms with E-state index in [1.165, 1.54) is 36.1 Å². The molecule has 1 aromatic rings. The lowest BCUT2D eigenvalue weighted by atomic mass is 10.2. The number of carboxylic acids is 1. The summed E-state index contributed by atoms with van der Waals surface area (Å²) in [4.78, 5) is 37.0. The lowest BCUT2D eigenvalue weighted by Gasteiger charge is -2.35. The molecule has 1 unspecified atom stereocenters. The third-order valence-electron chi connectivity index (χ3n) is 3.13. The van der Waals surface area contributed by atoms with Crippen LogP contribution in [0.4, 0.5) is 10.1 Å². The SMILES string of the molecule is CC(C(=O)O)N1C(=O)CN(c2ccc(F)cc2)CC1=O. The number of carboxylic acid groups (broad SMARTS) is 1. The molecule has 106 valence electrons. The number of amides is 2. The van der Waals surface area contributed by atoms with Crippen molar-refractivity contribution in [2.24, 2.45) is 0 Å². The zero-order valence-corrected chi connectivity index (χ0v) is 10.7. The van der Waals surface area contributed by atoms with Gasteiger partial charge in [0, 0.05) is 5.69 Å². The van der Waals surface area contributed by atoms with E-state index in [0.717, 1.165) is 4.90 Å². The van der Waals surface area contributed by atoms with Crippen LogP contribution in [-0.2, 0) is 14.4 Å². The van der Waals surface area contributed by atoms with E-state index >= 15 is 0 Å². The highest BCUT2D eigenvalue weighted by Crippen LogP contribution is 2.19. The standard InChI is InChI=1S/C13H13FN2O4/c1-8(13(19)20)16-11(17)6-15(7-12(16)18)10-4-2-9(14)3-5-10/h2-5,8H,6-7H2,1H3,(H,19,20). The van der Waals surface area contributed by atoms with Gasteiger partial charge in [-0.15, -0.1) is 0 Å². The summed E-state index contributed by atoms with van der Waals surface area (Å²) in [6.45, 7) is 1.05. The molecular formula is C13H13FN2O4. The Labute approximate surface area is 114 Å². The third-order valence-corrected chi connectivity index (χ3v) is 3.13. The molecule has 1 heterocycles. The van der Waals surface area contributed by atoms with Gasteiger partial charge in [0.1, 0.15) is 11.9 Å². The van der Waals surface area contributed by atoms with Gasteiger partial charge in [-0.3, -0.25) is 14.5 Å². The summed E-state index contributed by atoms with van der Waals surface area (Å²) in [6, 6.07) is 4.20. The smallest absolute Gasteiger partial charge is 0.326 e. The van der Waals surface area contributed by atoms with Crippen LogP contribution in [0.25, 0.3) is 0 Å². The molecule has 1 aliphatic heterocycles. The molecule has 1 atom stereocenters. The highest BCUT2D eigenvalue weighted by molar-refractivity contribution is 6.05. The molecule has 2 amide bonds. The Morgan fingerprint density at radius 1 is 1.20 bits per heavy atom. The molecule has 1 saturated heterocycles. The first-order valence-electron chi connectivity index (χ1n) is 5.98. The van der Waals surface area contributed by atoms with E-state index in [2.05, 4.69) is 0 Å². The average molecular weight is 280 g/mol. The molecule has 0 aliphatic carbocycles. The molecule has 7 heteroatoms. The van der Waals surface area contributed by atoms with Crippen LogP contribution in [0.2, 0.25) is 0 Å². The predicted octanol–water partition coefficient (Wildman–Crippen LogP) is 0.474. The van der Waals surface area contributed by atoms with Crippen LogP contribution in [0.1, 0.15) is 6.92 Å². The number of anilines is 1. The lowest BCUT2D eigenvalue weighted by Crippen LogP contribution is -2.58. The largest absolute Gasteiger partial charge is 0.480 e. The minimum absolute atomic E-state index is 0.116. The molecule has 1 N–H and O–H groups in total. The first kappa shape index (κ1) is 14.0. The number of halogens is 1. The number of carbonyl (C=O) groups is 3. The maximum atomic E-state index is 12.8. The van der Waals surface area contributed by atoms with Gasteiger partial charge >= 0.3 is 5.97 Å². The molecule has 1 aromatic carbocycles. The molecule has 0 saturated carbocycles. The van der Waals surface area contributed by atoms with E-state index in [1.807, 2.05) is 0 Å². The predicted molar refractivity (Wildman–Crippen MR) is 67.6 cm³/mol. The summed E-state index contributed by atoms with van der Waals surface area (Å²) in [7, 11) is 0. The first-order chi connectivity index (χ1) is 9.40. The van der Waals surface area contributed by atoms with Crippen LogP contribution in [-0.4, -0.2) is 46.9 Å². The summed E-state index contributed by atoms with van der Waals surface area (Å²) in [5, 5.41) is 8.88. The van der Waals surface area contributed by atoms with E-state index in [-0.39, 0.29) is 13.1 Å². The van der Waals surface area contributed by atoms with Gasteiger partial charge in [-0.1, -0.05) is 0 Å². The summed E-state index contributed by atoms with van der Waals surface area (Å²) in [5.74, 6) is -2.81. The van der Waals surface area contributed by atoms with Crippen LogP contribution in [0.5, 0.6) is 0 Å². The maximum Gasteiger partial charge on any atom is 0.326 e. The van der Waals surface area contributed by atoms with Crippen molar-refractivity contribution in [2.75, 3.05) is 18.0 Å². The Bertz CT molecular complexity index is 540. The molecule has 6 nitrogen and oxygen atoms in total. The molecule has 0 spiro atoms. The number of piperazine rings is 1. The first-order valence-corrected chi connectivity index (χ1v) is 5.98. The zero-order chi connectivity index (χ0) is 14.9. The fourth-order valence-corrected chi connectivity index (χ4v) is 2.05. The summed E-state index contributed by atoms with van der Waals surface area (Å²) in [5.41, 5.74) is 0.538. The quantitative estimate of drug-likeness (QED) is 0.815. The van der Waals surface area contributed by atoms with Gasteiger partial charge in [-0.2, -0.15) is 0 Å². The number of nitrogens with zero attached hydrogens (tertiary/aromatic N) is 2. The Hall–Kier alpha value is -2.44. The molecule has 1 aliphatic rings. The van der Waals surface area contributed by atoms with Gasteiger partial charge in [0.05, 0.1) is 13.1 Å². The molecule has 2 rings (SSSR count). The van der Waals surface area contributed by atoms with Crippen LogP contribution in [0.15, 0.2) is 24.3 Å². The Morgan fingerprint density at radius 3 is 2.15 bits per heavy atom. The third kappa shape index (κ3) is 2.61. The van der Waals surface area contributed by atoms with Crippen molar-refractivity contribution in [1.82, 2.24) is 4.90 Å². The normalized spacial score (nSPS) is 17.3. The monoisotopic (exact) mass is 280 g/mol. The second kappa shape index (κ2) is 5.28. The number of imide groups is 1. The van der Waals surface area contributed by atoms with E-state index < -0.39 is 29.6 Å². The lowest BCUT2D eigenvalue weighted by molar-refractivity contribution is -0.157. The van der Waals surface area contributed by atoms with Crippen molar-refractivity contribution < 1.29 is 23.9 Å². The minimum atomic E-state index is -1.23. The molecule has 20 heavy (non-hydrogen) atoms. The Morgan fingerprint density at radius 2 is 1.70 bits per heavy atom. The second-order valence-corrected chi connectivity index (χ2v) is 4.50. The van der Waals surface area contributed by atoms with Gasteiger partial charge in [0.2, 0.25) is 11.8 Å². The van der Waals surface area contributed by atoms with Crippen molar-refractivity contribution in [3.05, 3.63) is 30.1 Å². The summed E-state index contributed by atoms with van der Waals surface area (Å²) in [6.07, 6.45) is 0. The summed E-state index contributed by atoms with van der Waals surface area (Å²) < 4.78 is 12.8. The van der Waals surface area contributed by atoms with Crippen LogP contribution in [0.3, 0.4) is 0 Å². The number of carbonyl (C=O) groups excluding carboxylic acids is 2. The molecular weight excluding hydrogens is 267 g/mol.